The van der Waals surface area contributed by atoms with Crippen LogP contribution in [0.25, 0.3) is 0 Å². The van der Waals surface area contributed by atoms with E-state index in [1.54, 1.807) is 13.8 Å². The van der Waals surface area contributed by atoms with Gasteiger partial charge in [0.1, 0.15) is 0 Å². The average molecular weight is 256 g/mol. The van der Waals surface area contributed by atoms with E-state index in [1.807, 2.05) is 6.92 Å². The first-order chi connectivity index (χ1) is 6.80. The van der Waals surface area contributed by atoms with Gasteiger partial charge in [-0.2, -0.15) is 0 Å². The van der Waals surface area contributed by atoms with Gasteiger partial charge in [0.05, 0.1) is 11.8 Å². The highest BCUT2D eigenvalue weighted by Gasteiger charge is 2.25. The van der Waals surface area contributed by atoms with Crippen molar-refractivity contribution < 1.29 is 13.2 Å². The highest BCUT2D eigenvalue weighted by Crippen LogP contribution is 2.07. The Morgan fingerprint density at radius 1 is 1.40 bits per heavy atom. The molecule has 0 aliphatic heterocycles. The molecule has 0 fully saturated rings. The Morgan fingerprint density at radius 2 is 1.93 bits per heavy atom. The molecule has 0 rings (SSSR count). The second kappa shape index (κ2) is 6.45. The highest BCUT2D eigenvalue weighted by atomic mass is 35.5. The van der Waals surface area contributed by atoms with Gasteiger partial charge in [0, 0.05) is 0 Å². The largest absolute Gasteiger partial charge is 0.279 e. The molecule has 1 atom stereocenters. The number of rotatable bonds is 7. The minimum absolute atomic E-state index is 0.0386. The van der Waals surface area contributed by atoms with Crippen LogP contribution in [0.15, 0.2) is 0 Å². The monoisotopic (exact) mass is 255 g/mol. The van der Waals surface area contributed by atoms with E-state index in [2.05, 4.69) is 4.72 Å². The Bertz CT molecular complexity index is 300. The summed E-state index contributed by atoms with van der Waals surface area (Å²) in [6, 6.07) is -0.825. The van der Waals surface area contributed by atoms with Crippen LogP contribution in [0.1, 0.15) is 33.6 Å². The van der Waals surface area contributed by atoms with Crippen molar-refractivity contribution in [2.45, 2.75) is 39.7 Å². The van der Waals surface area contributed by atoms with Crippen LogP contribution in [0.2, 0.25) is 0 Å². The molecule has 0 radical (unpaired) electrons. The van der Waals surface area contributed by atoms with E-state index >= 15 is 0 Å². The van der Waals surface area contributed by atoms with Gasteiger partial charge in [-0.05, 0) is 23.9 Å². The molecule has 0 saturated carbocycles. The molecule has 0 aromatic carbocycles. The van der Waals surface area contributed by atoms with Gasteiger partial charge in [0.15, 0.2) is 0 Å². The number of carbonyl (C=O) groups is 1. The lowest BCUT2D eigenvalue weighted by atomic mass is 10.1. The molecular formula is C9H18ClNO3S. The Morgan fingerprint density at radius 3 is 2.27 bits per heavy atom. The molecule has 0 amide bonds. The first-order valence-corrected chi connectivity index (χ1v) is 7.02. The van der Waals surface area contributed by atoms with Crippen LogP contribution >= 0.6 is 11.6 Å². The standard InChI is InChI=1S/C9H18ClNO3S/c1-4-5-6-15(13,14)11-8(7(2)3)9(10)12/h7-8,11H,4-6H2,1-3H3. The molecule has 0 aliphatic rings. The molecule has 1 N–H and O–H groups in total. The lowest BCUT2D eigenvalue weighted by molar-refractivity contribution is -0.113. The summed E-state index contributed by atoms with van der Waals surface area (Å²) in [5.41, 5.74) is 0. The van der Waals surface area contributed by atoms with Gasteiger partial charge in [0.25, 0.3) is 0 Å². The van der Waals surface area contributed by atoms with Crippen molar-refractivity contribution in [2.75, 3.05) is 5.75 Å². The molecule has 15 heavy (non-hydrogen) atoms. The quantitative estimate of drug-likeness (QED) is 0.701. The summed E-state index contributed by atoms with van der Waals surface area (Å²) in [6.45, 7) is 5.39. The maximum Gasteiger partial charge on any atom is 0.239 e. The van der Waals surface area contributed by atoms with Crippen molar-refractivity contribution in [1.82, 2.24) is 4.72 Å². The fourth-order valence-electron chi connectivity index (χ4n) is 1.03. The molecule has 0 aromatic heterocycles. The van der Waals surface area contributed by atoms with Gasteiger partial charge in [-0.3, -0.25) is 4.79 Å². The van der Waals surface area contributed by atoms with Crippen LogP contribution in [-0.4, -0.2) is 25.5 Å². The fourth-order valence-corrected chi connectivity index (χ4v) is 2.96. The highest BCUT2D eigenvalue weighted by molar-refractivity contribution is 7.89. The molecule has 0 saturated heterocycles. The Kier molecular flexibility index (Phi) is 6.40. The van der Waals surface area contributed by atoms with Gasteiger partial charge in [-0.15, -0.1) is 0 Å². The summed E-state index contributed by atoms with van der Waals surface area (Å²) in [7, 11) is -3.39. The normalized spacial score (nSPS) is 14.2. The van der Waals surface area contributed by atoms with E-state index in [1.165, 1.54) is 0 Å². The van der Waals surface area contributed by atoms with Crippen LogP contribution in [-0.2, 0) is 14.8 Å². The lowest BCUT2D eigenvalue weighted by Gasteiger charge is -2.18. The number of hydrogen-bond donors (Lipinski definition) is 1. The van der Waals surface area contributed by atoms with Crippen molar-refractivity contribution in [3.05, 3.63) is 0 Å². The predicted octanol–water partition coefficient (Wildman–Crippen LogP) is 1.50. The molecule has 0 heterocycles. The summed E-state index contributed by atoms with van der Waals surface area (Å²) < 4.78 is 25.3. The minimum Gasteiger partial charge on any atom is -0.279 e. The number of sulfonamides is 1. The van der Waals surface area contributed by atoms with Crippen molar-refractivity contribution in [3.63, 3.8) is 0 Å². The molecule has 0 aromatic rings. The van der Waals surface area contributed by atoms with E-state index in [-0.39, 0.29) is 11.7 Å². The van der Waals surface area contributed by atoms with Crippen LogP contribution in [0.5, 0.6) is 0 Å². The maximum atomic E-state index is 11.5. The zero-order valence-corrected chi connectivity index (χ0v) is 10.9. The second-order valence-corrected chi connectivity index (χ2v) is 6.06. The molecule has 0 aliphatic carbocycles. The number of halogens is 1. The lowest BCUT2D eigenvalue weighted by Crippen LogP contribution is -2.43. The third-order valence-corrected chi connectivity index (χ3v) is 3.66. The fraction of sp³-hybridized carbons (Fsp3) is 0.889. The summed E-state index contributed by atoms with van der Waals surface area (Å²) in [5.74, 6) is -0.108. The van der Waals surface area contributed by atoms with E-state index in [0.717, 1.165) is 6.42 Å². The summed E-state index contributed by atoms with van der Waals surface area (Å²) in [6.07, 6.45) is 1.37. The minimum atomic E-state index is -3.39. The van der Waals surface area contributed by atoms with Crippen molar-refractivity contribution >= 4 is 26.9 Å². The van der Waals surface area contributed by atoms with Crippen LogP contribution in [0, 0.1) is 5.92 Å². The van der Waals surface area contributed by atoms with Crippen molar-refractivity contribution in [3.8, 4) is 0 Å². The average Bonchev–Trinajstić information content (AvgIpc) is 2.10. The predicted molar refractivity (Wildman–Crippen MR) is 61.3 cm³/mol. The Labute approximate surface area is 96.4 Å². The zero-order chi connectivity index (χ0) is 12.1. The topological polar surface area (TPSA) is 63.2 Å². The number of hydrogen-bond acceptors (Lipinski definition) is 3. The Balaban J connectivity index is 4.46. The third kappa shape index (κ3) is 6.12. The summed E-state index contributed by atoms with van der Waals surface area (Å²) in [4.78, 5) is 11.0. The van der Waals surface area contributed by atoms with Crippen molar-refractivity contribution in [1.29, 1.82) is 0 Å². The van der Waals surface area contributed by atoms with E-state index in [4.69, 9.17) is 11.6 Å². The number of carbonyl (C=O) groups excluding carboxylic acids is 1. The number of unbranched alkanes of at least 4 members (excludes halogenated alkanes) is 1. The van der Waals surface area contributed by atoms with E-state index in [9.17, 15) is 13.2 Å². The van der Waals surface area contributed by atoms with E-state index < -0.39 is 21.3 Å². The van der Waals surface area contributed by atoms with Gasteiger partial charge >= 0.3 is 0 Å². The summed E-state index contributed by atoms with van der Waals surface area (Å²) in [5, 5.41) is -0.662. The number of nitrogens with one attached hydrogen (secondary N) is 1. The molecule has 90 valence electrons. The molecule has 4 nitrogen and oxygen atoms in total. The van der Waals surface area contributed by atoms with Crippen molar-refractivity contribution in [2.24, 2.45) is 5.92 Å². The van der Waals surface area contributed by atoms with Crippen LogP contribution in [0.3, 0.4) is 0 Å². The first kappa shape index (κ1) is 14.9. The smallest absolute Gasteiger partial charge is 0.239 e. The molecule has 0 spiro atoms. The van der Waals surface area contributed by atoms with Gasteiger partial charge in [-0.1, -0.05) is 27.2 Å². The van der Waals surface area contributed by atoms with E-state index in [0.29, 0.717) is 6.42 Å². The Hall–Kier alpha value is -0.130. The molecule has 0 bridgehead atoms. The third-order valence-electron chi connectivity index (χ3n) is 1.98. The van der Waals surface area contributed by atoms with Gasteiger partial charge in [0.2, 0.25) is 15.3 Å². The SMILES string of the molecule is CCCCS(=O)(=O)NC(C(=O)Cl)C(C)C. The second-order valence-electron chi connectivity index (χ2n) is 3.82. The van der Waals surface area contributed by atoms with Crippen LogP contribution in [0.4, 0.5) is 0 Å². The summed E-state index contributed by atoms with van der Waals surface area (Å²) >= 11 is 5.31. The van der Waals surface area contributed by atoms with Gasteiger partial charge in [-0.25, -0.2) is 13.1 Å². The molecule has 6 heteroatoms. The zero-order valence-electron chi connectivity index (χ0n) is 9.29. The van der Waals surface area contributed by atoms with Gasteiger partial charge < -0.3 is 0 Å². The first-order valence-electron chi connectivity index (χ1n) is 4.99. The molecule has 1 unspecified atom stereocenters. The maximum absolute atomic E-state index is 11.5. The van der Waals surface area contributed by atoms with Crippen LogP contribution < -0.4 is 4.72 Å². The molecular weight excluding hydrogens is 238 g/mol.